The zero-order chi connectivity index (χ0) is 20.1. The fourth-order valence-corrected chi connectivity index (χ4v) is 4.05. The Labute approximate surface area is 172 Å². The van der Waals surface area contributed by atoms with Gasteiger partial charge in [0, 0.05) is 24.2 Å². The van der Waals surface area contributed by atoms with Crippen LogP contribution < -0.4 is 5.32 Å². The van der Waals surface area contributed by atoms with Crippen LogP contribution in [0.4, 0.5) is 10.1 Å². The number of para-hydroxylation sites is 1. The molecule has 144 valence electrons. The summed E-state index contributed by atoms with van der Waals surface area (Å²) in [6.45, 7) is 2.28. The Morgan fingerprint density at radius 1 is 1.21 bits per heavy atom. The topological polar surface area (TPSA) is 49.4 Å². The van der Waals surface area contributed by atoms with Crippen LogP contribution in [0.1, 0.15) is 24.0 Å². The van der Waals surface area contributed by atoms with Gasteiger partial charge in [0.15, 0.2) is 0 Å². The molecule has 0 aliphatic carbocycles. The Kier molecular flexibility index (Phi) is 6.59. The van der Waals surface area contributed by atoms with E-state index in [1.165, 1.54) is 17.0 Å². The van der Waals surface area contributed by atoms with Gasteiger partial charge in [-0.2, -0.15) is 0 Å². The highest BCUT2D eigenvalue weighted by atomic mass is 32.2. The zero-order valence-corrected chi connectivity index (χ0v) is 16.9. The number of benzene rings is 2. The molecule has 1 aliphatic heterocycles. The van der Waals surface area contributed by atoms with Gasteiger partial charge in [0.05, 0.1) is 4.91 Å². The Morgan fingerprint density at radius 2 is 1.93 bits per heavy atom. The lowest BCUT2D eigenvalue weighted by molar-refractivity contribution is -0.122. The van der Waals surface area contributed by atoms with E-state index < -0.39 is 0 Å². The highest BCUT2D eigenvalue weighted by Gasteiger charge is 2.31. The largest absolute Gasteiger partial charge is 0.326 e. The monoisotopic (exact) mass is 414 g/mol. The van der Waals surface area contributed by atoms with E-state index in [1.54, 1.807) is 18.2 Å². The van der Waals surface area contributed by atoms with Crippen molar-refractivity contribution >= 4 is 51.9 Å². The molecule has 4 nitrogen and oxygen atoms in total. The van der Waals surface area contributed by atoms with Gasteiger partial charge in [0.1, 0.15) is 10.1 Å². The minimum Gasteiger partial charge on any atom is -0.326 e. The fraction of sp³-hybridized carbons (Fsp3) is 0.190. The number of thioether (sulfide) groups is 1. The lowest BCUT2D eigenvalue weighted by Crippen LogP contribution is -2.29. The van der Waals surface area contributed by atoms with Crippen molar-refractivity contribution in [1.82, 2.24) is 4.90 Å². The van der Waals surface area contributed by atoms with Crippen LogP contribution in [0.2, 0.25) is 0 Å². The first kappa shape index (κ1) is 20.2. The quantitative estimate of drug-likeness (QED) is 0.547. The molecule has 28 heavy (non-hydrogen) atoms. The maximum Gasteiger partial charge on any atom is 0.266 e. The van der Waals surface area contributed by atoms with Crippen molar-refractivity contribution in [3.05, 3.63) is 70.4 Å². The molecule has 7 heteroatoms. The number of hydrogen-bond donors (Lipinski definition) is 1. The number of nitrogens with zero attached hydrogens (tertiary/aromatic N) is 1. The molecule has 0 bridgehead atoms. The van der Waals surface area contributed by atoms with Crippen molar-refractivity contribution in [3.8, 4) is 0 Å². The molecule has 0 spiro atoms. The van der Waals surface area contributed by atoms with Crippen molar-refractivity contribution in [2.45, 2.75) is 19.8 Å². The van der Waals surface area contributed by atoms with E-state index in [4.69, 9.17) is 12.2 Å². The van der Waals surface area contributed by atoms with E-state index in [1.807, 2.05) is 31.2 Å². The molecule has 0 radical (unpaired) electrons. The summed E-state index contributed by atoms with van der Waals surface area (Å²) in [5, 5.41) is 2.87. The predicted octanol–water partition coefficient (Wildman–Crippen LogP) is 4.75. The third kappa shape index (κ3) is 4.85. The number of amides is 2. The van der Waals surface area contributed by atoms with Crippen LogP contribution in [0, 0.1) is 12.7 Å². The van der Waals surface area contributed by atoms with Crippen LogP contribution in [0.15, 0.2) is 53.4 Å². The van der Waals surface area contributed by atoms with Gasteiger partial charge in [0.25, 0.3) is 5.91 Å². The standard InChI is InChI=1S/C21H19FN2O2S2/c1-14-7-2-5-10-17(14)23-19(25)11-6-12-24-20(26)18(28-21(24)27)13-15-8-3-4-9-16(15)22/h2-5,7-10,13H,6,11-12H2,1H3,(H,23,25)/b18-13-. The van der Waals surface area contributed by atoms with Crippen molar-refractivity contribution in [3.63, 3.8) is 0 Å². The number of carbonyl (C=O) groups is 2. The Morgan fingerprint density at radius 3 is 2.68 bits per heavy atom. The normalized spacial score (nSPS) is 15.4. The summed E-state index contributed by atoms with van der Waals surface area (Å²) < 4.78 is 14.2. The molecular weight excluding hydrogens is 395 g/mol. The summed E-state index contributed by atoms with van der Waals surface area (Å²) in [6, 6.07) is 13.8. The first-order valence-electron chi connectivity index (χ1n) is 8.81. The van der Waals surface area contributed by atoms with E-state index in [-0.39, 0.29) is 24.1 Å². The summed E-state index contributed by atoms with van der Waals surface area (Å²) >= 11 is 6.43. The highest BCUT2D eigenvalue weighted by molar-refractivity contribution is 8.26. The van der Waals surface area contributed by atoms with Crippen LogP contribution in [-0.2, 0) is 9.59 Å². The number of carbonyl (C=O) groups excluding carboxylic acids is 2. The van der Waals surface area contributed by atoms with Gasteiger partial charge in [-0.1, -0.05) is 60.4 Å². The minimum atomic E-state index is -0.388. The van der Waals surface area contributed by atoms with Crippen molar-refractivity contribution in [1.29, 1.82) is 0 Å². The second kappa shape index (κ2) is 9.12. The van der Waals surface area contributed by atoms with E-state index in [0.29, 0.717) is 27.8 Å². The van der Waals surface area contributed by atoms with Crippen LogP contribution in [-0.4, -0.2) is 27.6 Å². The molecule has 1 N–H and O–H groups in total. The maximum atomic E-state index is 13.8. The highest BCUT2D eigenvalue weighted by Crippen LogP contribution is 2.33. The van der Waals surface area contributed by atoms with Gasteiger partial charge in [0.2, 0.25) is 5.91 Å². The number of aryl methyl sites for hydroxylation is 1. The zero-order valence-electron chi connectivity index (χ0n) is 15.3. The lowest BCUT2D eigenvalue weighted by Gasteiger charge is -2.14. The Bertz CT molecular complexity index is 959. The first-order valence-corrected chi connectivity index (χ1v) is 10.0. The summed E-state index contributed by atoms with van der Waals surface area (Å²) in [5.74, 6) is -0.750. The number of hydrogen-bond acceptors (Lipinski definition) is 4. The van der Waals surface area contributed by atoms with Crippen molar-refractivity contribution in [2.24, 2.45) is 0 Å². The number of nitrogens with one attached hydrogen (secondary N) is 1. The van der Waals surface area contributed by atoms with E-state index in [0.717, 1.165) is 23.0 Å². The molecule has 1 aliphatic rings. The Hall–Kier alpha value is -2.51. The number of anilines is 1. The molecule has 1 heterocycles. The smallest absolute Gasteiger partial charge is 0.266 e. The van der Waals surface area contributed by atoms with E-state index in [2.05, 4.69) is 5.32 Å². The third-order valence-corrected chi connectivity index (χ3v) is 5.65. The van der Waals surface area contributed by atoms with Crippen molar-refractivity contribution in [2.75, 3.05) is 11.9 Å². The molecule has 1 fully saturated rings. The summed E-state index contributed by atoms with van der Waals surface area (Å²) in [6.07, 6.45) is 2.27. The van der Waals surface area contributed by atoms with Gasteiger partial charge in [-0.25, -0.2) is 4.39 Å². The average molecular weight is 415 g/mol. The molecule has 0 unspecified atom stereocenters. The fourth-order valence-electron chi connectivity index (χ4n) is 2.75. The third-order valence-electron chi connectivity index (χ3n) is 4.27. The van der Waals surface area contributed by atoms with Gasteiger partial charge in [-0.3, -0.25) is 14.5 Å². The number of thiocarbonyl (C=S) groups is 1. The van der Waals surface area contributed by atoms with E-state index in [9.17, 15) is 14.0 Å². The van der Waals surface area contributed by atoms with Gasteiger partial charge < -0.3 is 5.32 Å². The number of rotatable bonds is 6. The molecule has 2 aromatic rings. The average Bonchev–Trinajstić information content (AvgIpc) is 2.93. The molecule has 0 aromatic heterocycles. The SMILES string of the molecule is Cc1ccccc1NC(=O)CCCN1C(=O)/C(=C/c2ccccc2F)SC1=S. The first-order chi connectivity index (χ1) is 13.5. The molecule has 3 rings (SSSR count). The predicted molar refractivity (Wildman–Crippen MR) is 115 cm³/mol. The van der Waals surface area contributed by atoms with Gasteiger partial charge in [-0.15, -0.1) is 0 Å². The van der Waals surface area contributed by atoms with Gasteiger partial charge >= 0.3 is 0 Å². The molecule has 0 saturated carbocycles. The molecule has 2 amide bonds. The summed E-state index contributed by atoms with van der Waals surface area (Å²) in [4.78, 5) is 26.6. The minimum absolute atomic E-state index is 0.110. The molecule has 2 aromatic carbocycles. The van der Waals surface area contributed by atoms with Crippen LogP contribution >= 0.6 is 24.0 Å². The molecule has 1 saturated heterocycles. The van der Waals surface area contributed by atoms with Crippen molar-refractivity contribution < 1.29 is 14.0 Å². The van der Waals surface area contributed by atoms with Crippen LogP contribution in [0.3, 0.4) is 0 Å². The van der Waals surface area contributed by atoms with E-state index >= 15 is 0 Å². The molecule has 0 atom stereocenters. The lowest BCUT2D eigenvalue weighted by atomic mass is 10.2. The Balaban J connectivity index is 1.56. The van der Waals surface area contributed by atoms with Crippen LogP contribution in [0.5, 0.6) is 0 Å². The second-order valence-corrected chi connectivity index (χ2v) is 8.00. The summed E-state index contributed by atoms with van der Waals surface area (Å²) in [7, 11) is 0. The maximum absolute atomic E-state index is 13.8. The summed E-state index contributed by atoms with van der Waals surface area (Å²) in [5.41, 5.74) is 2.12. The van der Waals surface area contributed by atoms with Crippen LogP contribution in [0.25, 0.3) is 6.08 Å². The molecular formula is C21H19FN2O2S2. The number of halogens is 1. The van der Waals surface area contributed by atoms with Gasteiger partial charge in [-0.05, 0) is 37.1 Å². The second-order valence-electron chi connectivity index (χ2n) is 6.32.